The molecule has 0 bridgehead atoms. The molecule has 0 unspecified atom stereocenters. The number of benzene rings is 1. The summed E-state index contributed by atoms with van der Waals surface area (Å²) in [6.07, 6.45) is 0. The highest BCUT2D eigenvalue weighted by atomic mass is 35.5. The Morgan fingerprint density at radius 2 is 1.89 bits per heavy atom. The maximum absolute atomic E-state index is 11.2. The Bertz CT molecular complexity index is 762. The fraction of sp³-hybridized carbons (Fsp3) is 0.0714. The Morgan fingerprint density at radius 1 is 1.16 bits per heavy atom. The van der Waals surface area contributed by atoms with Crippen LogP contribution in [0.15, 0.2) is 47.6 Å². The van der Waals surface area contributed by atoms with Crippen LogP contribution in [0.4, 0.5) is 5.82 Å². The number of hydrogen-bond donors (Lipinski definition) is 0. The number of aromatic nitrogens is 2. The van der Waals surface area contributed by atoms with Gasteiger partial charge in [-0.3, -0.25) is 4.40 Å². The third-order valence-corrected chi connectivity index (χ3v) is 3.27. The maximum atomic E-state index is 11.2. The fourth-order valence-corrected chi connectivity index (χ4v) is 2.25. The molecule has 0 fully saturated rings. The van der Waals surface area contributed by atoms with Gasteiger partial charge in [0.15, 0.2) is 0 Å². The molecule has 0 aliphatic carbocycles. The first kappa shape index (κ1) is 11.9. The van der Waals surface area contributed by atoms with Crippen molar-refractivity contribution in [1.29, 1.82) is 0 Å². The number of fused-ring (bicyclic) bond motifs is 1. The summed E-state index contributed by atoms with van der Waals surface area (Å²) in [4.78, 5) is 15.6. The quantitative estimate of drug-likeness (QED) is 0.650. The monoisotopic (exact) mass is 271 g/mol. The lowest BCUT2D eigenvalue weighted by Crippen LogP contribution is -1.88. The molecule has 2 aromatic heterocycles. The van der Waals surface area contributed by atoms with E-state index in [0.717, 1.165) is 11.3 Å². The number of hydrogen-bond acceptors (Lipinski definition) is 3. The lowest BCUT2D eigenvalue weighted by Gasteiger charge is -2.00. The van der Waals surface area contributed by atoms with Crippen LogP contribution in [-0.4, -0.2) is 9.38 Å². The minimum absolute atomic E-state index is 0.315. The molecule has 94 valence electrons. The molecule has 0 amide bonds. The molecule has 3 aromatic rings. The van der Waals surface area contributed by atoms with E-state index < -0.39 is 0 Å². The Labute approximate surface area is 114 Å². The first-order valence-electron chi connectivity index (χ1n) is 5.78. The van der Waals surface area contributed by atoms with Gasteiger partial charge in [0.05, 0.1) is 0 Å². The van der Waals surface area contributed by atoms with E-state index in [1.807, 2.05) is 37.3 Å². The van der Waals surface area contributed by atoms with Gasteiger partial charge in [-0.1, -0.05) is 29.8 Å². The predicted molar refractivity (Wildman–Crippen MR) is 75.8 cm³/mol. The SMILES string of the molecule is Cc1cccc2nc(-c3ccc(Cl)cc3)c(N=O)n12. The lowest BCUT2D eigenvalue weighted by atomic mass is 10.1. The van der Waals surface area contributed by atoms with Crippen LogP contribution in [-0.2, 0) is 0 Å². The number of nitroso groups, excluding NO2 is 1. The average molecular weight is 272 g/mol. The summed E-state index contributed by atoms with van der Waals surface area (Å²) < 4.78 is 1.75. The second-order valence-electron chi connectivity index (χ2n) is 4.24. The molecule has 5 heteroatoms. The summed E-state index contributed by atoms with van der Waals surface area (Å²) in [5.74, 6) is 0.315. The minimum atomic E-state index is 0.315. The van der Waals surface area contributed by atoms with E-state index >= 15 is 0 Å². The third kappa shape index (κ3) is 1.90. The molecular formula is C14H10ClN3O. The number of halogens is 1. The van der Waals surface area contributed by atoms with Crippen LogP contribution in [0.5, 0.6) is 0 Å². The minimum Gasteiger partial charge on any atom is -0.278 e. The van der Waals surface area contributed by atoms with Crippen LogP contribution in [0.3, 0.4) is 0 Å². The van der Waals surface area contributed by atoms with Crippen LogP contribution in [0, 0.1) is 11.8 Å². The van der Waals surface area contributed by atoms with Gasteiger partial charge in [0.1, 0.15) is 11.3 Å². The van der Waals surface area contributed by atoms with Crippen molar-refractivity contribution in [2.24, 2.45) is 5.18 Å². The Balaban J connectivity index is 2.32. The Morgan fingerprint density at radius 3 is 2.58 bits per heavy atom. The molecule has 0 spiro atoms. The van der Waals surface area contributed by atoms with Gasteiger partial charge in [0, 0.05) is 16.3 Å². The van der Waals surface area contributed by atoms with Crippen LogP contribution >= 0.6 is 11.6 Å². The molecule has 0 saturated carbocycles. The van der Waals surface area contributed by atoms with E-state index in [4.69, 9.17) is 11.6 Å². The highest BCUT2D eigenvalue weighted by molar-refractivity contribution is 6.30. The van der Waals surface area contributed by atoms with Crippen LogP contribution in [0.1, 0.15) is 5.69 Å². The molecule has 0 saturated heterocycles. The molecule has 3 rings (SSSR count). The van der Waals surface area contributed by atoms with Crippen molar-refractivity contribution in [3.63, 3.8) is 0 Å². The van der Waals surface area contributed by atoms with Gasteiger partial charge in [-0.2, -0.15) is 0 Å². The lowest BCUT2D eigenvalue weighted by molar-refractivity contribution is 1.08. The number of rotatable bonds is 2. The van der Waals surface area contributed by atoms with Crippen molar-refractivity contribution >= 4 is 23.1 Å². The molecule has 0 atom stereocenters. The summed E-state index contributed by atoms with van der Waals surface area (Å²) in [5, 5.41) is 3.78. The third-order valence-electron chi connectivity index (χ3n) is 3.02. The molecular weight excluding hydrogens is 262 g/mol. The molecule has 4 nitrogen and oxygen atoms in total. The predicted octanol–water partition coefficient (Wildman–Crippen LogP) is 4.36. The summed E-state index contributed by atoms with van der Waals surface area (Å²) in [5.41, 5.74) is 3.02. The Hall–Kier alpha value is -2.20. The first-order chi connectivity index (χ1) is 9.20. The van der Waals surface area contributed by atoms with Crippen molar-refractivity contribution < 1.29 is 0 Å². The van der Waals surface area contributed by atoms with Crippen molar-refractivity contribution in [3.05, 3.63) is 58.1 Å². The molecule has 0 aliphatic rings. The van der Waals surface area contributed by atoms with Crippen LogP contribution in [0.25, 0.3) is 16.9 Å². The largest absolute Gasteiger partial charge is 0.278 e. The van der Waals surface area contributed by atoms with Gasteiger partial charge in [-0.05, 0) is 36.4 Å². The smallest absolute Gasteiger partial charge is 0.209 e. The first-order valence-corrected chi connectivity index (χ1v) is 6.16. The molecule has 0 N–H and O–H groups in total. The van der Waals surface area contributed by atoms with E-state index in [2.05, 4.69) is 10.2 Å². The van der Waals surface area contributed by atoms with Gasteiger partial charge in [-0.25, -0.2) is 4.98 Å². The average Bonchev–Trinajstić information content (AvgIpc) is 2.79. The molecule has 19 heavy (non-hydrogen) atoms. The van der Waals surface area contributed by atoms with Crippen molar-refractivity contribution in [2.75, 3.05) is 0 Å². The standard InChI is InChI=1S/C14H10ClN3O/c1-9-3-2-4-12-16-13(14(17-19)18(9)12)10-5-7-11(15)8-6-10/h2-8H,1H3. The van der Waals surface area contributed by atoms with Crippen molar-refractivity contribution in [3.8, 4) is 11.3 Å². The fourth-order valence-electron chi connectivity index (χ4n) is 2.12. The summed E-state index contributed by atoms with van der Waals surface area (Å²) in [7, 11) is 0. The maximum Gasteiger partial charge on any atom is 0.209 e. The second kappa shape index (κ2) is 4.48. The van der Waals surface area contributed by atoms with Gasteiger partial charge in [-0.15, -0.1) is 4.91 Å². The van der Waals surface area contributed by atoms with E-state index in [9.17, 15) is 4.91 Å². The second-order valence-corrected chi connectivity index (χ2v) is 4.68. The number of imidazole rings is 1. The molecule has 2 heterocycles. The molecule has 0 aliphatic heterocycles. The normalized spacial score (nSPS) is 10.8. The number of pyridine rings is 1. The summed E-state index contributed by atoms with van der Waals surface area (Å²) >= 11 is 5.87. The van der Waals surface area contributed by atoms with E-state index in [0.29, 0.717) is 22.2 Å². The molecule has 0 radical (unpaired) electrons. The number of nitrogens with zero attached hydrogens (tertiary/aromatic N) is 3. The van der Waals surface area contributed by atoms with Gasteiger partial charge < -0.3 is 0 Å². The zero-order chi connectivity index (χ0) is 13.4. The zero-order valence-corrected chi connectivity index (χ0v) is 10.9. The zero-order valence-electron chi connectivity index (χ0n) is 10.2. The van der Waals surface area contributed by atoms with E-state index in [-0.39, 0.29) is 0 Å². The van der Waals surface area contributed by atoms with Crippen LogP contribution < -0.4 is 0 Å². The Kier molecular flexibility index (Phi) is 2.80. The van der Waals surface area contributed by atoms with Crippen LogP contribution in [0.2, 0.25) is 5.02 Å². The van der Waals surface area contributed by atoms with Gasteiger partial charge in [0.25, 0.3) is 0 Å². The highest BCUT2D eigenvalue weighted by Crippen LogP contribution is 2.32. The summed E-state index contributed by atoms with van der Waals surface area (Å²) in [6, 6.07) is 12.8. The summed E-state index contributed by atoms with van der Waals surface area (Å²) in [6.45, 7) is 1.91. The number of aryl methyl sites for hydroxylation is 1. The van der Waals surface area contributed by atoms with Crippen molar-refractivity contribution in [1.82, 2.24) is 9.38 Å². The van der Waals surface area contributed by atoms with E-state index in [1.165, 1.54) is 0 Å². The molecule has 1 aromatic carbocycles. The van der Waals surface area contributed by atoms with Gasteiger partial charge in [0.2, 0.25) is 5.82 Å². The van der Waals surface area contributed by atoms with Gasteiger partial charge >= 0.3 is 0 Å². The topological polar surface area (TPSA) is 46.7 Å². The van der Waals surface area contributed by atoms with E-state index in [1.54, 1.807) is 16.5 Å². The van der Waals surface area contributed by atoms with Crippen molar-refractivity contribution in [2.45, 2.75) is 6.92 Å². The highest BCUT2D eigenvalue weighted by Gasteiger charge is 2.15.